The topological polar surface area (TPSA) is 46.9 Å². The predicted molar refractivity (Wildman–Crippen MR) is 96.3 cm³/mol. The van der Waals surface area contributed by atoms with Crippen LogP contribution in [0.5, 0.6) is 0 Å². The van der Waals surface area contributed by atoms with Gasteiger partial charge >= 0.3 is 5.97 Å². The molecule has 0 atom stereocenters. The maximum absolute atomic E-state index is 12.5. The summed E-state index contributed by atoms with van der Waals surface area (Å²) in [5.74, 6) is -0.328. The van der Waals surface area contributed by atoms with Crippen molar-refractivity contribution < 1.29 is 26.8 Å². The number of carbonyl (C=O) groups excluding carboxylic acids is 1. The molecule has 0 aliphatic carbocycles. The van der Waals surface area contributed by atoms with Gasteiger partial charge in [-0.25, -0.2) is 4.79 Å². The van der Waals surface area contributed by atoms with Gasteiger partial charge < -0.3 is 26.9 Å². The first-order chi connectivity index (χ1) is 11.5. The number of piperazine rings is 1. The molecule has 1 aliphatic heterocycles. The molecule has 0 unspecified atom stereocenters. The van der Waals surface area contributed by atoms with E-state index in [1.807, 2.05) is 26.0 Å². The lowest BCUT2D eigenvalue weighted by molar-refractivity contribution is -0.880. The number of anilines is 1. The largest absolute Gasteiger partial charge is 1.00 e. The fourth-order valence-electron chi connectivity index (χ4n) is 3.23. The van der Waals surface area contributed by atoms with Crippen molar-refractivity contribution in [3.8, 4) is 0 Å². The third-order valence-corrected chi connectivity index (χ3v) is 4.75. The van der Waals surface area contributed by atoms with Crippen molar-refractivity contribution in [2.45, 2.75) is 13.8 Å². The Morgan fingerprint density at radius 2 is 2.04 bits per heavy atom. The lowest BCUT2D eigenvalue weighted by atomic mass is 10.0. The third kappa shape index (κ3) is 4.00. The van der Waals surface area contributed by atoms with Crippen molar-refractivity contribution in [1.82, 2.24) is 4.98 Å². The Balaban J connectivity index is 0.00000225. The lowest BCUT2D eigenvalue weighted by Crippen LogP contribution is -3.12. The van der Waals surface area contributed by atoms with Gasteiger partial charge in [-0.2, -0.15) is 0 Å². The summed E-state index contributed by atoms with van der Waals surface area (Å²) >= 11 is 6.28. The van der Waals surface area contributed by atoms with E-state index in [1.54, 1.807) is 6.20 Å². The van der Waals surface area contributed by atoms with Crippen molar-refractivity contribution in [3.05, 3.63) is 34.5 Å². The summed E-state index contributed by atoms with van der Waals surface area (Å²) < 4.78 is 5.25. The summed E-state index contributed by atoms with van der Waals surface area (Å²) in [5, 5.41) is 1.58. The zero-order valence-corrected chi connectivity index (χ0v) is 16.2. The summed E-state index contributed by atoms with van der Waals surface area (Å²) in [6.45, 7) is 8.00. The molecular weight excluding hydrogens is 361 g/mol. The van der Waals surface area contributed by atoms with Crippen LogP contribution < -0.4 is 22.2 Å². The second kappa shape index (κ2) is 8.21. The highest BCUT2D eigenvalue weighted by Crippen LogP contribution is 2.33. The van der Waals surface area contributed by atoms with Gasteiger partial charge in [0.25, 0.3) is 0 Å². The molecule has 0 bridgehead atoms. The van der Waals surface area contributed by atoms with E-state index in [9.17, 15) is 4.79 Å². The Labute approximate surface area is 159 Å². The van der Waals surface area contributed by atoms with Crippen LogP contribution in [0.1, 0.15) is 22.8 Å². The van der Waals surface area contributed by atoms with E-state index in [2.05, 4.69) is 16.9 Å². The van der Waals surface area contributed by atoms with Crippen LogP contribution in [-0.4, -0.2) is 50.8 Å². The molecule has 2 heterocycles. The van der Waals surface area contributed by atoms with Crippen LogP contribution >= 0.6 is 11.6 Å². The molecule has 1 aromatic heterocycles. The molecular formula is C18H23Cl2N3O2. The minimum absolute atomic E-state index is 0. The van der Waals surface area contributed by atoms with Crippen LogP contribution in [0.15, 0.2) is 18.3 Å². The van der Waals surface area contributed by atoms with Gasteiger partial charge in [-0.15, -0.1) is 0 Å². The van der Waals surface area contributed by atoms with E-state index in [4.69, 9.17) is 16.3 Å². The van der Waals surface area contributed by atoms with Gasteiger partial charge in [0.2, 0.25) is 0 Å². The van der Waals surface area contributed by atoms with Gasteiger partial charge in [-0.3, -0.25) is 4.98 Å². The number of aryl methyl sites for hydroxylation is 1. The molecule has 2 aromatic rings. The molecule has 1 fully saturated rings. The van der Waals surface area contributed by atoms with E-state index < -0.39 is 0 Å². The standard InChI is InChI=1S/C18H22ClN3O2.ClH/c1-4-24-18(23)15-11-20-16-12(2)9-13(19)10-14(16)17(15)22-7-5-21(3)6-8-22;/h9-11H,4-8H2,1-3H3;1H. The highest BCUT2D eigenvalue weighted by Gasteiger charge is 2.25. The maximum atomic E-state index is 12.5. The van der Waals surface area contributed by atoms with Crippen molar-refractivity contribution >= 4 is 34.2 Å². The van der Waals surface area contributed by atoms with Gasteiger partial charge in [-0.1, -0.05) is 11.6 Å². The highest BCUT2D eigenvalue weighted by atomic mass is 35.5. The number of pyridine rings is 1. The van der Waals surface area contributed by atoms with Gasteiger partial charge in [0.1, 0.15) is 5.56 Å². The van der Waals surface area contributed by atoms with E-state index in [0.29, 0.717) is 17.2 Å². The second-order valence-corrected chi connectivity index (χ2v) is 6.74. The number of benzene rings is 1. The Morgan fingerprint density at radius 3 is 2.68 bits per heavy atom. The van der Waals surface area contributed by atoms with Gasteiger partial charge in [0, 0.05) is 16.6 Å². The summed E-state index contributed by atoms with van der Waals surface area (Å²) in [7, 11) is 2.19. The van der Waals surface area contributed by atoms with Crippen LogP contribution in [0, 0.1) is 6.92 Å². The van der Waals surface area contributed by atoms with Gasteiger partial charge in [0.15, 0.2) is 0 Å². The zero-order valence-electron chi connectivity index (χ0n) is 14.7. The molecule has 0 radical (unpaired) electrons. The molecule has 0 saturated carbocycles. The Hall–Kier alpha value is -1.56. The number of fused-ring (bicyclic) bond motifs is 1. The molecule has 25 heavy (non-hydrogen) atoms. The summed E-state index contributed by atoms with van der Waals surface area (Å²) in [4.78, 5) is 20.7. The number of hydrogen-bond donors (Lipinski definition) is 1. The molecule has 7 heteroatoms. The molecule has 136 valence electrons. The number of esters is 1. The molecule has 5 nitrogen and oxygen atoms in total. The predicted octanol–water partition coefficient (Wildman–Crippen LogP) is -1.29. The van der Waals surface area contributed by atoms with E-state index in [1.165, 1.54) is 4.90 Å². The summed E-state index contributed by atoms with van der Waals surface area (Å²) in [5.41, 5.74) is 3.31. The molecule has 0 amide bonds. The number of ether oxygens (including phenoxy) is 1. The molecule has 1 saturated heterocycles. The highest BCUT2D eigenvalue weighted by molar-refractivity contribution is 6.31. The minimum Gasteiger partial charge on any atom is -1.00 e. The van der Waals surface area contributed by atoms with E-state index in [0.717, 1.165) is 48.3 Å². The average molecular weight is 384 g/mol. The third-order valence-electron chi connectivity index (χ3n) is 4.53. The summed E-state index contributed by atoms with van der Waals surface area (Å²) in [6.07, 6.45) is 1.64. The number of rotatable bonds is 3. The van der Waals surface area contributed by atoms with Crippen LogP contribution in [0.25, 0.3) is 10.9 Å². The quantitative estimate of drug-likeness (QED) is 0.670. The van der Waals surface area contributed by atoms with E-state index >= 15 is 0 Å². The van der Waals surface area contributed by atoms with E-state index in [-0.39, 0.29) is 18.4 Å². The molecule has 0 spiro atoms. The lowest BCUT2D eigenvalue weighted by Gasteiger charge is -2.33. The van der Waals surface area contributed by atoms with Crippen LogP contribution in [0.3, 0.4) is 0 Å². The van der Waals surface area contributed by atoms with Crippen molar-refractivity contribution in [3.63, 3.8) is 0 Å². The van der Waals surface area contributed by atoms with Crippen LogP contribution in [0.4, 0.5) is 5.69 Å². The number of quaternary nitrogens is 1. The van der Waals surface area contributed by atoms with Crippen molar-refractivity contribution in [1.29, 1.82) is 0 Å². The first kappa shape index (κ1) is 19.8. The Morgan fingerprint density at radius 1 is 1.36 bits per heavy atom. The first-order valence-corrected chi connectivity index (χ1v) is 8.71. The Kier molecular flexibility index (Phi) is 6.49. The Bertz CT molecular complexity index is 774. The number of hydrogen-bond acceptors (Lipinski definition) is 4. The fraction of sp³-hybridized carbons (Fsp3) is 0.444. The normalized spacial score (nSPS) is 15.1. The second-order valence-electron chi connectivity index (χ2n) is 6.30. The minimum atomic E-state index is -0.328. The number of aromatic nitrogens is 1. The number of carbonyl (C=O) groups is 1. The van der Waals surface area contributed by atoms with Crippen molar-refractivity contribution in [2.24, 2.45) is 0 Å². The van der Waals surface area contributed by atoms with Crippen LogP contribution in [0.2, 0.25) is 5.02 Å². The number of halogens is 2. The fourth-order valence-corrected chi connectivity index (χ4v) is 3.51. The average Bonchev–Trinajstić information content (AvgIpc) is 2.55. The summed E-state index contributed by atoms with van der Waals surface area (Å²) in [6, 6.07) is 3.80. The number of nitrogens with zero attached hydrogens (tertiary/aromatic N) is 2. The van der Waals surface area contributed by atoms with Gasteiger partial charge in [-0.05, 0) is 31.5 Å². The smallest absolute Gasteiger partial charge is 0.341 e. The van der Waals surface area contributed by atoms with Crippen LogP contribution in [-0.2, 0) is 4.74 Å². The number of nitrogens with one attached hydrogen (secondary N) is 1. The molecule has 3 rings (SSSR count). The maximum Gasteiger partial charge on any atom is 0.341 e. The zero-order chi connectivity index (χ0) is 17.3. The molecule has 1 aliphatic rings. The van der Waals surface area contributed by atoms with Gasteiger partial charge in [0.05, 0.1) is 51.0 Å². The molecule has 1 N–H and O–H groups in total. The SMILES string of the molecule is CCOC(=O)c1cnc2c(C)cc(Cl)cc2c1N1CC[NH+](C)CC1.[Cl-]. The number of likely N-dealkylation sites (N-methyl/N-ethyl adjacent to an activating group) is 1. The monoisotopic (exact) mass is 383 g/mol. The molecule has 1 aromatic carbocycles. The first-order valence-electron chi connectivity index (χ1n) is 8.33. The van der Waals surface area contributed by atoms with Crippen molar-refractivity contribution in [2.75, 3.05) is 44.7 Å².